The second-order valence-electron chi connectivity index (χ2n) is 5.72. The van der Waals surface area contributed by atoms with Crippen molar-refractivity contribution in [2.75, 3.05) is 20.2 Å². The Hall–Kier alpha value is -2.04. The molecule has 1 saturated heterocycles. The van der Waals surface area contributed by atoms with Crippen LogP contribution in [0.3, 0.4) is 0 Å². The van der Waals surface area contributed by atoms with Crippen LogP contribution in [0.1, 0.15) is 12.0 Å². The number of hydrogen-bond acceptors (Lipinski definition) is 4. The molecular weight excluding hydrogens is 270 g/mol. The molecule has 2 fully saturated rings. The molecule has 0 bridgehead atoms. The zero-order valence-corrected chi connectivity index (χ0v) is 12.0. The minimum atomic E-state index is -0.261. The lowest BCUT2D eigenvalue weighted by molar-refractivity contribution is -0.141. The summed E-state index contributed by atoms with van der Waals surface area (Å²) in [5.74, 6) is 1.10. The van der Waals surface area contributed by atoms with E-state index in [0.29, 0.717) is 43.9 Å². The maximum absolute atomic E-state index is 12.0. The van der Waals surface area contributed by atoms with Crippen molar-refractivity contribution >= 4 is 12.1 Å². The van der Waals surface area contributed by atoms with Crippen molar-refractivity contribution in [3.8, 4) is 0 Å². The maximum Gasteiger partial charge on any atom is 0.410 e. The predicted molar refractivity (Wildman–Crippen MR) is 75.3 cm³/mol. The minimum Gasteiger partial charge on any atom is -0.469 e. The van der Waals surface area contributed by atoms with Crippen LogP contribution in [0, 0.1) is 17.8 Å². The molecule has 0 N–H and O–H groups in total. The number of rotatable bonds is 4. The van der Waals surface area contributed by atoms with E-state index in [1.54, 1.807) is 4.90 Å². The molecule has 3 rings (SSSR count). The van der Waals surface area contributed by atoms with Gasteiger partial charge in [0, 0.05) is 19.5 Å². The summed E-state index contributed by atoms with van der Waals surface area (Å²) >= 11 is 0. The van der Waals surface area contributed by atoms with Gasteiger partial charge in [0.15, 0.2) is 0 Å². The molecule has 1 unspecified atom stereocenters. The molecule has 1 aliphatic carbocycles. The molecule has 1 aromatic carbocycles. The number of esters is 1. The van der Waals surface area contributed by atoms with Gasteiger partial charge < -0.3 is 14.4 Å². The number of hydrogen-bond donors (Lipinski definition) is 0. The zero-order chi connectivity index (χ0) is 14.8. The van der Waals surface area contributed by atoms with Crippen LogP contribution in [0.4, 0.5) is 4.79 Å². The Kier molecular flexibility index (Phi) is 3.82. The van der Waals surface area contributed by atoms with Crippen molar-refractivity contribution in [1.82, 2.24) is 4.90 Å². The van der Waals surface area contributed by atoms with Gasteiger partial charge in [0.1, 0.15) is 6.61 Å². The molecule has 112 valence electrons. The summed E-state index contributed by atoms with van der Waals surface area (Å²) in [6.45, 7) is 1.69. The molecule has 5 nitrogen and oxygen atoms in total. The molecule has 3 atom stereocenters. The van der Waals surface area contributed by atoms with Gasteiger partial charge in [-0.2, -0.15) is 0 Å². The van der Waals surface area contributed by atoms with Gasteiger partial charge in [-0.25, -0.2) is 4.79 Å². The molecule has 2 aliphatic rings. The van der Waals surface area contributed by atoms with Crippen molar-refractivity contribution in [1.29, 1.82) is 0 Å². The van der Waals surface area contributed by atoms with Crippen LogP contribution >= 0.6 is 0 Å². The number of carbonyl (C=O) groups excluding carboxylic acids is 2. The monoisotopic (exact) mass is 289 g/mol. The lowest BCUT2D eigenvalue weighted by Gasteiger charge is -2.19. The third-order valence-corrected chi connectivity index (χ3v) is 4.46. The average molecular weight is 289 g/mol. The van der Waals surface area contributed by atoms with E-state index < -0.39 is 0 Å². The Morgan fingerprint density at radius 2 is 1.86 bits per heavy atom. The Bertz CT molecular complexity index is 518. The number of benzene rings is 1. The Balaban J connectivity index is 1.42. The van der Waals surface area contributed by atoms with Crippen LogP contribution in [0.25, 0.3) is 0 Å². The molecule has 0 radical (unpaired) electrons. The fourth-order valence-corrected chi connectivity index (χ4v) is 3.19. The fourth-order valence-electron chi connectivity index (χ4n) is 3.19. The van der Waals surface area contributed by atoms with Gasteiger partial charge in [-0.3, -0.25) is 4.79 Å². The van der Waals surface area contributed by atoms with E-state index in [1.807, 2.05) is 30.3 Å². The van der Waals surface area contributed by atoms with Crippen LogP contribution in [0.2, 0.25) is 0 Å². The number of methoxy groups -OCH3 is 1. The van der Waals surface area contributed by atoms with Crippen molar-refractivity contribution in [2.45, 2.75) is 13.0 Å². The van der Waals surface area contributed by atoms with E-state index in [-0.39, 0.29) is 12.1 Å². The summed E-state index contributed by atoms with van der Waals surface area (Å²) in [7, 11) is 1.41. The SMILES string of the molecule is COC(=O)CC1[C@H]2CN(C(=O)OCc3ccccc3)C[C@@H]12. The molecule has 5 heteroatoms. The summed E-state index contributed by atoms with van der Waals surface area (Å²) < 4.78 is 10.00. The Morgan fingerprint density at radius 3 is 2.48 bits per heavy atom. The normalized spacial score (nSPS) is 26.1. The van der Waals surface area contributed by atoms with Gasteiger partial charge in [-0.1, -0.05) is 30.3 Å². The van der Waals surface area contributed by atoms with Crippen molar-refractivity contribution in [3.63, 3.8) is 0 Å². The Labute approximate surface area is 123 Å². The largest absolute Gasteiger partial charge is 0.469 e. The summed E-state index contributed by atoms with van der Waals surface area (Å²) in [6, 6.07) is 9.64. The first kappa shape index (κ1) is 13.9. The smallest absolute Gasteiger partial charge is 0.410 e. The average Bonchev–Trinajstić information content (AvgIpc) is 2.96. The second-order valence-corrected chi connectivity index (χ2v) is 5.72. The van der Waals surface area contributed by atoms with Gasteiger partial charge >= 0.3 is 12.1 Å². The van der Waals surface area contributed by atoms with Crippen molar-refractivity contribution in [2.24, 2.45) is 17.8 Å². The molecule has 1 heterocycles. The lowest BCUT2D eigenvalue weighted by atomic mass is 10.2. The van der Waals surface area contributed by atoms with E-state index in [2.05, 4.69) is 4.74 Å². The van der Waals surface area contributed by atoms with Crippen LogP contribution in [0.5, 0.6) is 0 Å². The van der Waals surface area contributed by atoms with Crippen LogP contribution in [-0.2, 0) is 20.9 Å². The highest BCUT2D eigenvalue weighted by molar-refractivity contribution is 5.71. The van der Waals surface area contributed by atoms with Gasteiger partial charge in [-0.05, 0) is 23.3 Å². The third kappa shape index (κ3) is 3.01. The molecule has 21 heavy (non-hydrogen) atoms. The number of amides is 1. The first-order valence-electron chi connectivity index (χ1n) is 7.21. The number of piperidine rings is 1. The molecule has 0 spiro atoms. The number of ether oxygens (including phenoxy) is 2. The van der Waals surface area contributed by atoms with E-state index in [4.69, 9.17) is 4.74 Å². The van der Waals surface area contributed by atoms with Crippen LogP contribution in [-0.4, -0.2) is 37.2 Å². The Morgan fingerprint density at radius 1 is 1.19 bits per heavy atom. The maximum atomic E-state index is 12.0. The van der Waals surface area contributed by atoms with Gasteiger partial charge in [0.2, 0.25) is 0 Å². The minimum absolute atomic E-state index is 0.160. The number of likely N-dealkylation sites (tertiary alicyclic amines) is 1. The second kappa shape index (κ2) is 5.76. The third-order valence-electron chi connectivity index (χ3n) is 4.46. The molecule has 1 saturated carbocycles. The number of fused-ring (bicyclic) bond motifs is 1. The standard InChI is InChI=1S/C16H19NO4/c1-20-15(18)7-12-13-8-17(9-14(12)13)16(19)21-10-11-5-3-2-4-6-11/h2-6,12-14H,7-10H2,1H3/t12?,13-,14+. The number of nitrogens with zero attached hydrogens (tertiary/aromatic N) is 1. The lowest BCUT2D eigenvalue weighted by Crippen LogP contribution is -2.32. The highest BCUT2D eigenvalue weighted by Crippen LogP contribution is 2.53. The number of carbonyl (C=O) groups is 2. The van der Waals surface area contributed by atoms with Crippen molar-refractivity contribution < 1.29 is 19.1 Å². The predicted octanol–water partition coefficient (Wildman–Crippen LogP) is 2.06. The molecule has 1 aliphatic heterocycles. The summed E-state index contributed by atoms with van der Waals surface area (Å²) in [6.07, 6.45) is 0.210. The summed E-state index contributed by atoms with van der Waals surface area (Å²) in [5.41, 5.74) is 0.985. The fraction of sp³-hybridized carbons (Fsp3) is 0.500. The first-order chi connectivity index (χ1) is 10.2. The van der Waals surface area contributed by atoms with Gasteiger partial charge in [-0.15, -0.1) is 0 Å². The summed E-state index contributed by atoms with van der Waals surface area (Å²) in [5, 5.41) is 0. The highest BCUT2D eigenvalue weighted by atomic mass is 16.6. The van der Waals surface area contributed by atoms with Crippen LogP contribution in [0.15, 0.2) is 30.3 Å². The molecule has 1 amide bonds. The zero-order valence-electron chi connectivity index (χ0n) is 12.0. The van der Waals surface area contributed by atoms with Gasteiger partial charge in [0.25, 0.3) is 0 Å². The highest BCUT2D eigenvalue weighted by Gasteiger charge is 2.57. The quantitative estimate of drug-likeness (QED) is 0.796. The summed E-state index contributed by atoms with van der Waals surface area (Å²) in [4.78, 5) is 25.0. The van der Waals surface area contributed by atoms with Crippen LogP contribution < -0.4 is 0 Å². The van der Waals surface area contributed by atoms with E-state index in [0.717, 1.165) is 5.56 Å². The molecule has 1 aromatic rings. The van der Waals surface area contributed by atoms with Crippen molar-refractivity contribution in [3.05, 3.63) is 35.9 Å². The van der Waals surface area contributed by atoms with E-state index in [1.165, 1.54) is 7.11 Å². The first-order valence-corrected chi connectivity index (χ1v) is 7.21. The molecular formula is C16H19NO4. The van der Waals surface area contributed by atoms with E-state index >= 15 is 0 Å². The topological polar surface area (TPSA) is 55.8 Å². The molecule has 0 aromatic heterocycles. The van der Waals surface area contributed by atoms with E-state index in [9.17, 15) is 9.59 Å². The van der Waals surface area contributed by atoms with Gasteiger partial charge in [0.05, 0.1) is 7.11 Å².